The highest BCUT2D eigenvalue weighted by atomic mass is 16.5. The van der Waals surface area contributed by atoms with Crippen LogP contribution in [0.3, 0.4) is 0 Å². The largest absolute Gasteiger partial charge is 0.361 e. The summed E-state index contributed by atoms with van der Waals surface area (Å²) in [6.07, 6.45) is 0.482. The molecule has 6 nitrogen and oxygen atoms in total. The van der Waals surface area contributed by atoms with E-state index in [2.05, 4.69) is 15.8 Å². The van der Waals surface area contributed by atoms with Crippen molar-refractivity contribution < 1.29 is 14.1 Å². The van der Waals surface area contributed by atoms with Crippen LogP contribution in [0.15, 0.2) is 28.8 Å². The summed E-state index contributed by atoms with van der Waals surface area (Å²) in [6.45, 7) is 9.88. The van der Waals surface area contributed by atoms with Crippen molar-refractivity contribution in [1.29, 1.82) is 0 Å². The number of hydrogen-bond acceptors (Lipinski definition) is 4. The fourth-order valence-corrected chi connectivity index (χ4v) is 2.92. The molecule has 0 bridgehead atoms. The molecular weight excluding hydrogens is 330 g/mol. The summed E-state index contributed by atoms with van der Waals surface area (Å²) in [6, 6.07) is 7.50. The number of amides is 2. The van der Waals surface area contributed by atoms with Crippen molar-refractivity contribution >= 4 is 17.5 Å². The third-order valence-corrected chi connectivity index (χ3v) is 4.19. The molecule has 0 aliphatic carbocycles. The summed E-state index contributed by atoms with van der Waals surface area (Å²) in [5.41, 5.74) is 3.23. The third kappa shape index (κ3) is 5.18. The van der Waals surface area contributed by atoms with Crippen LogP contribution in [0.25, 0.3) is 0 Å². The first-order valence-corrected chi connectivity index (χ1v) is 8.87. The van der Waals surface area contributed by atoms with Crippen molar-refractivity contribution in [2.24, 2.45) is 5.92 Å². The van der Waals surface area contributed by atoms with Crippen molar-refractivity contribution in [2.45, 2.75) is 53.5 Å². The van der Waals surface area contributed by atoms with E-state index in [0.29, 0.717) is 24.6 Å². The highest BCUT2D eigenvalue weighted by Crippen LogP contribution is 2.23. The Balaban J connectivity index is 1.96. The molecule has 26 heavy (non-hydrogen) atoms. The second-order valence-corrected chi connectivity index (χ2v) is 7.02. The Hall–Kier alpha value is -2.63. The smallest absolute Gasteiger partial charge is 0.227 e. The minimum atomic E-state index is -0.338. The van der Waals surface area contributed by atoms with Crippen LogP contribution in [0, 0.1) is 19.8 Å². The fourth-order valence-electron chi connectivity index (χ4n) is 2.92. The van der Waals surface area contributed by atoms with Crippen LogP contribution in [-0.4, -0.2) is 17.0 Å². The Morgan fingerprint density at radius 2 is 1.92 bits per heavy atom. The molecule has 0 aliphatic rings. The first-order valence-electron chi connectivity index (χ1n) is 8.87. The van der Waals surface area contributed by atoms with Gasteiger partial charge in [-0.2, -0.15) is 0 Å². The van der Waals surface area contributed by atoms with Gasteiger partial charge in [-0.25, -0.2) is 0 Å². The minimum Gasteiger partial charge on any atom is -0.361 e. The van der Waals surface area contributed by atoms with Crippen LogP contribution in [0.1, 0.15) is 55.7 Å². The third-order valence-electron chi connectivity index (χ3n) is 4.19. The van der Waals surface area contributed by atoms with Gasteiger partial charge in [-0.1, -0.05) is 31.1 Å². The molecule has 2 rings (SSSR count). The lowest BCUT2D eigenvalue weighted by molar-refractivity contribution is -0.122. The van der Waals surface area contributed by atoms with Crippen LogP contribution in [0.2, 0.25) is 0 Å². The summed E-state index contributed by atoms with van der Waals surface area (Å²) in [5.74, 6) is 0.542. The van der Waals surface area contributed by atoms with E-state index in [0.717, 1.165) is 22.5 Å². The van der Waals surface area contributed by atoms with Gasteiger partial charge in [0.1, 0.15) is 5.76 Å². The second-order valence-electron chi connectivity index (χ2n) is 7.02. The van der Waals surface area contributed by atoms with Gasteiger partial charge in [-0.15, -0.1) is 0 Å². The van der Waals surface area contributed by atoms with Gasteiger partial charge in [0.05, 0.1) is 11.6 Å². The molecule has 0 radical (unpaired) electrons. The Morgan fingerprint density at radius 3 is 2.54 bits per heavy atom. The molecule has 1 heterocycles. The molecule has 0 fully saturated rings. The van der Waals surface area contributed by atoms with E-state index in [1.54, 1.807) is 0 Å². The number of nitrogens with one attached hydrogen (secondary N) is 2. The molecule has 0 aliphatic heterocycles. The molecular formula is C20H27N3O3. The van der Waals surface area contributed by atoms with Crippen molar-refractivity contribution in [1.82, 2.24) is 10.5 Å². The maximum absolute atomic E-state index is 12.5. The summed E-state index contributed by atoms with van der Waals surface area (Å²) >= 11 is 0. The molecule has 2 N–H and O–H groups in total. The first kappa shape index (κ1) is 19.7. The Morgan fingerprint density at radius 1 is 1.19 bits per heavy atom. The number of aromatic nitrogens is 1. The molecule has 1 aromatic carbocycles. The highest BCUT2D eigenvalue weighted by Gasteiger charge is 2.22. The standard InChI is InChI=1S/C20H27N3O3/c1-12(2)9-18(24)22-17-8-6-7-16(10-17)11-21-20(25)13(3)19-14(4)23-26-15(19)5/h6-8,10,12-13H,9,11H2,1-5H3,(H,21,25)(H,22,24). The number of carbonyl (C=O) groups excluding carboxylic acids is 2. The molecule has 1 atom stereocenters. The van der Waals surface area contributed by atoms with Gasteiger partial charge >= 0.3 is 0 Å². The van der Waals surface area contributed by atoms with Gasteiger partial charge in [-0.05, 0) is 44.4 Å². The zero-order valence-corrected chi connectivity index (χ0v) is 16.1. The molecule has 6 heteroatoms. The van der Waals surface area contributed by atoms with Crippen LogP contribution in [0.5, 0.6) is 0 Å². The second kappa shape index (κ2) is 8.65. The lowest BCUT2D eigenvalue weighted by atomic mass is 9.98. The number of rotatable bonds is 7. The van der Waals surface area contributed by atoms with Gasteiger partial charge in [0.15, 0.2) is 0 Å². The van der Waals surface area contributed by atoms with Crippen molar-refractivity contribution in [2.75, 3.05) is 5.32 Å². The zero-order chi connectivity index (χ0) is 19.3. The summed E-state index contributed by atoms with van der Waals surface area (Å²) in [7, 11) is 0. The van der Waals surface area contributed by atoms with E-state index in [1.165, 1.54) is 0 Å². The number of aryl methyl sites for hydroxylation is 2. The van der Waals surface area contributed by atoms with Crippen LogP contribution in [-0.2, 0) is 16.1 Å². The average molecular weight is 357 g/mol. The molecule has 2 amide bonds. The van der Waals surface area contributed by atoms with Crippen molar-refractivity contribution in [3.63, 3.8) is 0 Å². The molecule has 1 aromatic heterocycles. The predicted molar refractivity (Wildman–Crippen MR) is 101 cm³/mol. The van der Waals surface area contributed by atoms with Crippen LogP contribution < -0.4 is 10.6 Å². The lowest BCUT2D eigenvalue weighted by Gasteiger charge is -2.13. The van der Waals surface area contributed by atoms with E-state index in [1.807, 2.05) is 58.9 Å². The van der Waals surface area contributed by atoms with Gasteiger partial charge in [0.25, 0.3) is 0 Å². The average Bonchev–Trinajstić information content (AvgIpc) is 2.90. The number of carbonyl (C=O) groups is 2. The van der Waals surface area contributed by atoms with Crippen LogP contribution in [0.4, 0.5) is 5.69 Å². The van der Waals surface area contributed by atoms with Crippen LogP contribution >= 0.6 is 0 Å². The van der Waals surface area contributed by atoms with E-state index in [9.17, 15) is 9.59 Å². The normalized spacial score (nSPS) is 12.1. The number of anilines is 1. The first-order chi connectivity index (χ1) is 12.3. The van der Waals surface area contributed by atoms with Crippen molar-refractivity contribution in [3.05, 3.63) is 46.8 Å². The topological polar surface area (TPSA) is 84.2 Å². The van der Waals surface area contributed by atoms with E-state index < -0.39 is 0 Å². The highest BCUT2D eigenvalue weighted by molar-refractivity contribution is 5.90. The van der Waals surface area contributed by atoms with E-state index in [4.69, 9.17) is 4.52 Å². The fraction of sp³-hybridized carbons (Fsp3) is 0.450. The van der Waals surface area contributed by atoms with Gasteiger partial charge in [0, 0.05) is 24.2 Å². The quantitative estimate of drug-likeness (QED) is 0.791. The van der Waals surface area contributed by atoms with E-state index >= 15 is 0 Å². The molecule has 0 saturated heterocycles. The van der Waals surface area contributed by atoms with Gasteiger partial charge in [0.2, 0.25) is 11.8 Å². The lowest BCUT2D eigenvalue weighted by Crippen LogP contribution is -2.28. The zero-order valence-electron chi connectivity index (χ0n) is 16.1. The summed E-state index contributed by atoms with van der Waals surface area (Å²) < 4.78 is 5.14. The van der Waals surface area contributed by atoms with Gasteiger partial charge in [-0.3, -0.25) is 9.59 Å². The minimum absolute atomic E-state index is 0.00628. The Bertz CT molecular complexity index is 761. The number of hydrogen-bond donors (Lipinski definition) is 2. The molecule has 0 spiro atoms. The maximum Gasteiger partial charge on any atom is 0.227 e. The molecule has 0 saturated carbocycles. The Kier molecular flexibility index (Phi) is 6.55. The molecule has 2 aromatic rings. The Labute approximate surface area is 154 Å². The predicted octanol–water partition coefficient (Wildman–Crippen LogP) is 3.70. The summed E-state index contributed by atoms with van der Waals surface area (Å²) in [5, 5.41) is 9.72. The maximum atomic E-state index is 12.5. The monoisotopic (exact) mass is 357 g/mol. The number of nitrogens with zero attached hydrogens (tertiary/aromatic N) is 1. The number of benzene rings is 1. The van der Waals surface area contributed by atoms with Crippen molar-refractivity contribution in [3.8, 4) is 0 Å². The van der Waals surface area contributed by atoms with E-state index in [-0.39, 0.29) is 17.7 Å². The molecule has 140 valence electrons. The molecule has 1 unspecified atom stereocenters. The SMILES string of the molecule is Cc1noc(C)c1C(C)C(=O)NCc1cccc(NC(=O)CC(C)C)c1. The summed E-state index contributed by atoms with van der Waals surface area (Å²) in [4.78, 5) is 24.3. The van der Waals surface area contributed by atoms with Gasteiger partial charge < -0.3 is 15.2 Å².